The molecule has 0 unspecified atom stereocenters. The van der Waals surface area contributed by atoms with Gasteiger partial charge in [-0.1, -0.05) is 12.1 Å². The van der Waals surface area contributed by atoms with E-state index in [-0.39, 0.29) is 16.4 Å². The minimum Gasteiger partial charge on any atom is -0.399 e. The first-order valence-electron chi connectivity index (χ1n) is 8.99. The first-order valence-corrected chi connectivity index (χ1v) is 10.4. The Labute approximate surface area is 157 Å². The molecule has 8 heteroatoms. The highest BCUT2D eigenvalue weighted by Crippen LogP contribution is 2.37. The van der Waals surface area contributed by atoms with Crippen LogP contribution in [-0.2, 0) is 19.3 Å². The molecule has 2 N–H and O–H groups in total. The molecule has 0 bridgehead atoms. The molecule has 2 aliphatic heterocycles. The molecule has 0 saturated carbocycles. The fourth-order valence-corrected chi connectivity index (χ4v) is 4.64. The van der Waals surface area contributed by atoms with Gasteiger partial charge in [0.1, 0.15) is 0 Å². The van der Waals surface area contributed by atoms with E-state index in [0.717, 1.165) is 0 Å². The molecule has 2 fully saturated rings. The van der Waals surface area contributed by atoms with Crippen LogP contribution in [0.5, 0.6) is 0 Å². The lowest BCUT2D eigenvalue weighted by atomic mass is 9.79. The van der Waals surface area contributed by atoms with Crippen molar-refractivity contribution in [3.05, 3.63) is 24.3 Å². The Morgan fingerprint density at radius 1 is 1.15 bits per heavy atom. The molecule has 2 heterocycles. The SMILES string of the molecule is CC(C)(N)C1CN(S(=O)(=O)c2cccc(B3OC(C)(C)C(C)(C)O3)c2)C1. The molecule has 2 aliphatic rings. The van der Waals surface area contributed by atoms with Gasteiger partial charge >= 0.3 is 7.12 Å². The number of hydrogen-bond donors (Lipinski definition) is 1. The number of benzene rings is 1. The normalized spacial score (nSPS) is 23.9. The molecule has 0 amide bonds. The molecular weight excluding hydrogens is 351 g/mol. The van der Waals surface area contributed by atoms with Crippen LogP contribution in [-0.4, -0.2) is 49.7 Å². The van der Waals surface area contributed by atoms with Crippen LogP contribution in [0.4, 0.5) is 0 Å². The number of nitrogens with two attached hydrogens (primary N) is 1. The Kier molecular flexibility index (Phi) is 4.60. The minimum atomic E-state index is -3.54. The van der Waals surface area contributed by atoms with Gasteiger partial charge in [0.15, 0.2) is 0 Å². The van der Waals surface area contributed by atoms with E-state index < -0.39 is 28.3 Å². The Morgan fingerprint density at radius 3 is 2.19 bits per heavy atom. The number of sulfonamides is 1. The van der Waals surface area contributed by atoms with Gasteiger partial charge < -0.3 is 15.0 Å². The molecule has 0 radical (unpaired) electrons. The summed E-state index contributed by atoms with van der Waals surface area (Å²) in [5.74, 6) is 0.170. The van der Waals surface area contributed by atoms with E-state index in [1.807, 2.05) is 47.6 Å². The number of hydrogen-bond acceptors (Lipinski definition) is 5. The van der Waals surface area contributed by atoms with Gasteiger partial charge in [-0.05, 0) is 59.1 Å². The minimum absolute atomic E-state index is 0.170. The fraction of sp³-hybridized carbons (Fsp3) is 0.667. The predicted molar refractivity (Wildman–Crippen MR) is 103 cm³/mol. The van der Waals surface area contributed by atoms with Gasteiger partial charge in [-0.3, -0.25) is 0 Å². The molecule has 3 rings (SSSR count). The van der Waals surface area contributed by atoms with Crippen molar-refractivity contribution in [1.29, 1.82) is 0 Å². The van der Waals surface area contributed by atoms with Crippen LogP contribution in [0.25, 0.3) is 0 Å². The maximum Gasteiger partial charge on any atom is 0.494 e. The summed E-state index contributed by atoms with van der Waals surface area (Å²) in [6.07, 6.45) is 0. The van der Waals surface area contributed by atoms with Crippen molar-refractivity contribution in [2.24, 2.45) is 11.7 Å². The summed E-state index contributed by atoms with van der Waals surface area (Å²) in [5.41, 5.74) is 5.48. The molecular formula is C18H29BN2O4S. The smallest absolute Gasteiger partial charge is 0.399 e. The van der Waals surface area contributed by atoms with Crippen LogP contribution < -0.4 is 11.2 Å². The van der Waals surface area contributed by atoms with Crippen molar-refractivity contribution in [2.75, 3.05) is 13.1 Å². The van der Waals surface area contributed by atoms with E-state index in [9.17, 15) is 8.42 Å². The zero-order valence-electron chi connectivity index (χ0n) is 16.4. The van der Waals surface area contributed by atoms with Gasteiger partial charge in [0, 0.05) is 24.5 Å². The fourth-order valence-electron chi connectivity index (χ4n) is 3.05. The highest BCUT2D eigenvalue weighted by atomic mass is 32.2. The molecule has 1 aromatic carbocycles. The topological polar surface area (TPSA) is 81.9 Å². The number of rotatable bonds is 4. The predicted octanol–water partition coefficient (Wildman–Crippen LogP) is 1.34. The van der Waals surface area contributed by atoms with Crippen molar-refractivity contribution in [3.63, 3.8) is 0 Å². The van der Waals surface area contributed by atoms with Crippen molar-refractivity contribution < 1.29 is 17.7 Å². The van der Waals surface area contributed by atoms with Crippen LogP contribution >= 0.6 is 0 Å². The highest BCUT2D eigenvalue weighted by Gasteiger charge is 2.52. The summed E-state index contributed by atoms with van der Waals surface area (Å²) in [5, 5.41) is 0. The lowest BCUT2D eigenvalue weighted by Gasteiger charge is -2.44. The van der Waals surface area contributed by atoms with E-state index in [4.69, 9.17) is 15.0 Å². The zero-order valence-corrected chi connectivity index (χ0v) is 17.3. The van der Waals surface area contributed by atoms with E-state index >= 15 is 0 Å². The second-order valence-electron chi connectivity index (χ2n) is 9.00. The standard InChI is InChI=1S/C18H29BN2O4S/c1-16(2,20)13-11-21(12-13)26(22,23)15-9-7-8-14(10-15)19-24-17(3,4)18(5,6)25-19/h7-10,13H,11-12,20H2,1-6H3. The second-order valence-corrected chi connectivity index (χ2v) is 10.9. The molecule has 6 nitrogen and oxygen atoms in total. The summed E-state index contributed by atoms with van der Waals surface area (Å²) < 4.78 is 39.4. The number of nitrogens with zero attached hydrogens (tertiary/aromatic N) is 1. The third-order valence-electron chi connectivity index (χ3n) is 5.92. The van der Waals surface area contributed by atoms with Crippen molar-refractivity contribution in [3.8, 4) is 0 Å². The summed E-state index contributed by atoms with van der Waals surface area (Å²) in [6, 6.07) is 6.84. The second kappa shape index (κ2) is 6.04. The van der Waals surface area contributed by atoms with Crippen molar-refractivity contribution in [2.45, 2.75) is 63.2 Å². The lowest BCUT2D eigenvalue weighted by molar-refractivity contribution is 0.00578. The van der Waals surface area contributed by atoms with E-state index in [1.54, 1.807) is 18.2 Å². The van der Waals surface area contributed by atoms with Crippen LogP contribution in [0.1, 0.15) is 41.5 Å². The highest BCUT2D eigenvalue weighted by molar-refractivity contribution is 7.89. The summed E-state index contributed by atoms with van der Waals surface area (Å²) in [6.45, 7) is 12.7. The van der Waals surface area contributed by atoms with Gasteiger partial charge in [0.05, 0.1) is 16.1 Å². The molecule has 0 aliphatic carbocycles. The molecule has 0 aromatic heterocycles. The maximum atomic E-state index is 12.9. The first-order chi connectivity index (χ1) is 11.7. The van der Waals surface area contributed by atoms with Crippen molar-refractivity contribution >= 4 is 22.6 Å². The van der Waals surface area contributed by atoms with Gasteiger partial charge in [0.25, 0.3) is 0 Å². The molecule has 26 heavy (non-hydrogen) atoms. The summed E-state index contributed by atoms with van der Waals surface area (Å²) in [7, 11) is -4.12. The third kappa shape index (κ3) is 3.33. The third-order valence-corrected chi connectivity index (χ3v) is 7.75. The van der Waals surface area contributed by atoms with Gasteiger partial charge in [0.2, 0.25) is 10.0 Å². The Hall–Kier alpha value is -0.925. The summed E-state index contributed by atoms with van der Waals surface area (Å²) in [4.78, 5) is 0.262. The zero-order chi connectivity index (χ0) is 19.5. The monoisotopic (exact) mass is 380 g/mol. The molecule has 0 spiro atoms. The van der Waals surface area contributed by atoms with Crippen LogP contribution in [0.2, 0.25) is 0 Å². The quantitative estimate of drug-likeness (QED) is 0.798. The Morgan fingerprint density at radius 2 is 1.69 bits per heavy atom. The van der Waals surface area contributed by atoms with Crippen molar-refractivity contribution in [1.82, 2.24) is 4.31 Å². The van der Waals surface area contributed by atoms with Crippen LogP contribution in [0.15, 0.2) is 29.2 Å². The molecule has 144 valence electrons. The first kappa shape index (κ1) is 19.8. The maximum absolute atomic E-state index is 12.9. The van der Waals surface area contributed by atoms with E-state index in [0.29, 0.717) is 18.6 Å². The van der Waals surface area contributed by atoms with Gasteiger partial charge in [-0.15, -0.1) is 0 Å². The molecule has 1 aromatic rings. The van der Waals surface area contributed by atoms with Crippen LogP contribution in [0.3, 0.4) is 0 Å². The lowest BCUT2D eigenvalue weighted by Crippen LogP contribution is -2.60. The Balaban J connectivity index is 1.80. The average molecular weight is 380 g/mol. The molecule has 2 saturated heterocycles. The Bertz CT molecular complexity index is 780. The summed E-state index contributed by atoms with van der Waals surface area (Å²) >= 11 is 0. The van der Waals surface area contributed by atoms with Gasteiger partial charge in [-0.25, -0.2) is 8.42 Å². The average Bonchev–Trinajstić information content (AvgIpc) is 2.64. The van der Waals surface area contributed by atoms with Crippen LogP contribution in [0, 0.1) is 5.92 Å². The van der Waals surface area contributed by atoms with E-state index in [2.05, 4.69) is 0 Å². The largest absolute Gasteiger partial charge is 0.494 e. The van der Waals surface area contributed by atoms with E-state index in [1.165, 1.54) is 4.31 Å². The van der Waals surface area contributed by atoms with Gasteiger partial charge in [-0.2, -0.15) is 4.31 Å². The molecule has 0 atom stereocenters.